The first-order chi connectivity index (χ1) is 8.92. The van der Waals surface area contributed by atoms with Crippen LogP contribution in [-0.2, 0) is 9.59 Å². The molecule has 0 aromatic heterocycles. The van der Waals surface area contributed by atoms with E-state index in [9.17, 15) is 9.59 Å². The van der Waals surface area contributed by atoms with Gasteiger partial charge in [0.1, 0.15) is 0 Å². The normalized spacial score (nSPS) is 13.6. The fourth-order valence-electron chi connectivity index (χ4n) is 1.64. The van der Waals surface area contributed by atoms with E-state index in [0.29, 0.717) is 6.42 Å². The molecule has 0 saturated carbocycles. The number of primary amides is 1. The van der Waals surface area contributed by atoms with Crippen LogP contribution in [0.5, 0.6) is 0 Å². The summed E-state index contributed by atoms with van der Waals surface area (Å²) in [6.07, 6.45) is 3.49. The van der Waals surface area contributed by atoms with Gasteiger partial charge in [0.05, 0.1) is 12.1 Å². The summed E-state index contributed by atoms with van der Waals surface area (Å²) >= 11 is 1.73. The SMILES string of the molecule is C=C(C)[C@H](CCSC)NC(=O)[C@H](CCC(N)=O)NC. The lowest BCUT2D eigenvalue weighted by Crippen LogP contribution is -2.47. The van der Waals surface area contributed by atoms with Gasteiger partial charge >= 0.3 is 0 Å². The highest BCUT2D eigenvalue weighted by Crippen LogP contribution is 2.08. The first-order valence-corrected chi connectivity index (χ1v) is 7.72. The molecule has 0 saturated heterocycles. The van der Waals surface area contributed by atoms with Crippen LogP contribution in [0.4, 0.5) is 0 Å². The monoisotopic (exact) mass is 287 g/mol. The molecule has 0 aliphatic carbocycles. The number of hydrogen-bond acceptors (Lipinski definition) is 4. The van der Waals surface area contributed by atoms with Gasteiger partial charge in [0.15, 0.2) is 0 Å². The lowest BCUT2D eigenvalue weighted by molar-refractivity contribution is -0.124. The van der Waals surface area contributed by atoms with Gasteiger partial charge in [-0.05, 0) is 38.8 Å². The second-order valence-electron chi connectivity index (χ2n) is 4.54. The highest BCUT2D eigenvalue weighted by molar-refractivity contribution is 7.98. The van der Waals surface area contributed by atoms with E-state index in [4.69, 9.17) is 5.73 Å². The lowest BCUT2D eigenvalue weighted by atomic mass is 10.1. The van der Waals surface area contributed by atoms with Gasteiger partial charge < -0.3 is 16.4 Å². The Morgan fingerprint density at radius 2 is 1.95 bits per heavy atom. The van der Waals surface area contributed by atoms with Crippen LogP contribution in [0.15, 0.2) is 12.2 Å². The average molecular weight is 287 g/mol. The maximum absolute atomic E-state index is 12.1. The van der Waals surface area contributed by atoms with Crippen molar-refractivity contribution in [3.63, 3.8) is 0 Å². The maximum atomic E-state index is 12.1. The molecule has 0 aromatic rings. The molecule has 0 aromatic carbocycles. The minimum absolute atomic E-state index is 0.0237. The molecule has 0 fully saturated rings. The molecule has 0 heterocycles. The Kier molecular flexibility index (Phi) is 9.34. The minimum atomic E-state index is -0.399. The van der Waals surface area contributed by atoms with Gasteiger partial charge in [-0.3, -0.25) is 9.59 Å². The van der Waals surface area contributed by atoms with Crippen LogP contribution in [0.3, 0.4) is 0 Å². The lowest BCUT2D eigenvalue weighted by Gasteiger charge is -2.22. The molecule has 0 aliphatic heterocycles. The predicted octanol–water partition coefficient (Wildman–Crippen LogP) is 0.654. The van der Waals surface area contributed by atoms with E-state index in [2.05, 4.69) is 17.2 Å². The van der Waals surface area contributed by atoms with Crippen molar-refractivity contribution in [1.82, 2.24) is 10.6 Å². The topological polar surface area (TPSA) is 84.2 Å². The molecule has 0 aliphatic rings. The van der Waals surface area contributed by atoms with Gasteiger partial charge in [0, 0.05) is 6.42 Å². The number of thioether (sulfide) groups is 1. The Morgan fingerprint density at radius 3 is 2.37 bits per heavy atom. The van der Waals surface area contributed by atoms with E-state index in [0.717, 1.165) is 17.7 Å². The van der Waals surface area contributed by atoms with Crippen LogP contribution >= 0.6 is 11.8 Å². The van der Waals surface area contributed by atoms with Crippen LogP contribution in [0, 0.1) is 0 Å². The first-order valence-electron chi connectivity index (χ1n) is 6.32. The summed E-state index contributed by atoms with van der Waals surface area (Å²) in [5.74, 6) is 0.452. The van der Waals surface area contributed by atoms with Crippen LogP contribution < -0.4 is 16.4 Å². The molecule has 110 valence electrons. The van der Waals surface area contributed by atoms with Crippen molar-refractivity contribution in [3.8, 4) is 0 Å². The predicted molar refractivity (Wildman–Crippen MR) is 81.0 cm³/mol. The van der Waals surface area contributed by atoms with Crippen molar-refractivity contribution in [2.75, 3.05) is 19.1 Å². The molecule has 6 heteroatoms. The largest absolute Gasteiger partial charge is 0.370 e. The third kappa shape index (κ3) is 7.89. The molecule has 5 nitrogen and oxygen atoms in total. The second-order valence-corrected chi connectivity index (χ2v) is 5.52. The first kappa shape index (κ1) is 18.0. The zero-order chi connectivity index (χ0) is 14.8. The number of nitrogens with two attached hydrogens (primary N) is 1. The van der Waals surface area contributed by atoms with Gasteiger partial charge in [-0.2, -0.15) is 11.8 Å². The van der Waals surface area contributed by atoms with E-state index in [1.165, 1.54) is 0 Å². The van der Waals surface area contributed by atoms with E-state index < -0.39 is 11.9 Å². The Bertz CT molecular complexity index is 321. The summed E-state index contributed by atoms with van der Waals surface area (Å²) in [7, 11) is 1.70. The number of amides is 2. The van der Waals surface area contributed by atoms with Gasteiger partial charge in [-0.1, -0.05) is 12.2 Å². The Labute approximate surface area is 119 Å². The number of hydrogen-bond donors (Lipinski definition) is 3. The summed E-state index contributed by atoms with van der Waals surface area (Å²) in [6.45, 7) is 5.81. The number of nitrogens with one attached hydrogen (secondary N) is 2. The molecule has 2 atom stereocenters. The van der Waals surface area contributed by atoms with E-state index in [1.807, 2.05) is 13.2 Å². The van der Waals surface area contributed by atoms with E-state index in [-0.39, 0.29) is 18.4 Å². The number of rotatable bonds is 10. The average Bonchev–Trinajstić information content (AvgIpc) is 2.34. The van der Waals surface area contributed by atoms with Crippen molar-refractivity contribution in [1.29, 1.82) is 0 Å². The summed E-state index contributed by atoms with van der Waals surface area (Å²) in [4.78, 5) is 22.9. The summed E-state index contributed by atoms with van der Waals surface area (Å²) in [6, 6.07) is -0.423. The summed E-state index contributed by atoms with van der Waals surface area (Å²) < 4.78 is 0. The fraction of sp³-hybridized carbons (Fsp3) is 0.692. The third-order valence-electron chi connectivity index (χ3n) is 2.87. The van der Waals surface area contributed by atoms with Crippen LogP contribution in [0.2, 0.25) is 0 Å². The van der Waals surface area contributed by atoms with Crippen molar-refractivity contribution in [3.05, 3.63) is 12.2 Å². The van der Waals surface area contributed by atoms with Gasteiger partial charge in [-0.15, -0.1) is 0 Å². The molecule has 2 amide bonds. The van der Waals surface area contributed by atoms with Crippen molar-refractivity contribution < 1.29 is 9.59 Å². The van der Waals surface area contributed by atoms with Crippen LogP contribution in [0.25, 0.3) is 0 Å². The Balaban J connectivity index is 4.41. The van der Waals surface area contributed by atoms with Crippen molar-refractivity contribution >= 4 is 23.6 Å². The quantitative estimate of drug-likeness (QED) is 0.515. The standard InChI is InChI=1S/C13H25N3O2S/c1-9(2)10(7-8-19-4)16-13(18)11(15-3)5-6-12(14)17/h10-11,15H,1,5-8H2,2-4H3,(H2,14,17)(H,16,18)/t10-,11-/m0/s1. The Hall–Kier alpha value is -1.01. The number of likely N-dealkylation sites (N-methyl/N-ethyl adjacent to an activating group) is 1. The minimum Gasteiger partial charge on any atom is -0.370 e. The number of carbonyl (C=O) groups is 2. The zero-order valence-corrected chi connectivity index (χ0v) is 12.8. The molecule has 0 spiro atoms. The molecule has 4 N–H and O–H groups in total. The molecular formula is C13H25N3O2S. The molecular weight excluding hydrogens is 262 g/mol. The van der Waals surface area contributed by atoms with Gasteiger partial charge in [-0.25, -0.2) is 0 Å². The van der Waals surface area contributed by atoms with Crippen molar-refractivity contribution in [2.24, 2.45) is 5.73 Å². The second kappa shape index (κ2) is 9.86. The van der Waals surface area contributed by atoms with E-state index >= 15 is 0 Å². The fourth-order valence-corrected chi connectivity index (χ4v) is 2.11. The highest BCUT2D eigenvalue weighted by Gasteiger charge is 2.20. The maximum Gasteiger partial charge on any atom is 0.237 e. The number of carbonyl (C=O) groups excluding carboxylic acids is 2. The van der Waals surface area contributed by atoms with Crippen molar-refractivity contribution in [2.45, 2.75) is 38.3 Å². The van der Waals surface area contributed by atoms with E-state index in [1.54, 1.807) is 18.8 Å². The Morgan fingerprint density at radius 1 is 1.32 bits per heavy atom. The van der Waals surface area contributed by atoms with Gasteiger partial charge in [0.2, 0.25) is 11.8 Å². The van der Waals surface area contributed by atoms with Crippen LogP contribution in [-0.4, -0.2) is 43.0 Å². The molecule has 0 radical (unpaired) electrons. The summed E-state index contributed by atoms with van der Waals surface area (Å²) in [5.41, 5.74) is 6.03. The molecule has 0 bridgehead atoms. The molecule has 19 heavy (non-hydrogen) atoms. The van der Waals surface area contributed by atoms with Gasteiger partial charge in [0.25, 0.3) is 0 Å². The molecule has 0 unspecified atom stereocenters. The van der Waals surface area contributed by atoms with Crippen LogP contribution in [0.1, 0.15) is 26.2 Å². The molecule has 0 rings (SSSR count). The third-order valence-corrected chi connectivity index (χ3v) is 3.51. The summed E-state index contributed by atoms with van der Waals surface area (Å²) in [5, 5.41) is 5.86. The smallest absolute Gasteiger partial charge is 0.237 e. The highest BCUT2D eigenvalue weighted by atomic mass is 32.2. The zero-order valence-electron chi connectivity index (χ0n) is 12.0.